The molecule has 0 spiro atoms. The SMILES string of the molecule is CC(C)(C)OC(=O)N1CCC(C23CNC(C2)C3)CC1. The Morgan fingerprint density at radius 3 is 2.37 bits per heavy atom. The van der Waals surface area contributed by atoms with Crippen molar-refractivity contribution in [3.05, 3.63) is 0 Å². The summed E-state index contributed by atoms with van der Waals surface area (Å²) in [6.45, 7) is 8.71. The summed E-state index contributed by atoms with van der Waals surface area (Å²) in [5.41, 5.74) is 0.188. The Hall–Kier alpha value is -0.770. The number of hydrogen-bond donors (Lipinski definition) is 1. The number of fused-ring (bicyclic) bond motifs is 1. The molecule has 4 fully saturated rings. The lowest BCUT2D eigenvalue weighted by Crippen LogP contribution is -2.48. The lowest BCUT2D eigenvalue weighted by Gasteiger charge is -2.47. The van der Waals surface area contributed by atoms with Crippen molar-refractivity contribution >= 4 is 6.09 Å². The van der Waals surface area contributed by atoms with E-state index in [1.807, 2.05) is 25.7 Å². The largest absolute Gasteiger partial charge is 0.444 e. The van der Waals surface area contributed by atoms with Gasteiger partial charge < -0.3 is 15.0 Å². The Kier molecular flexibility index (Phi) is 3.04. The zero-order valence-corrected chi connectivity index (χ0v) is 12.4. The molecule has 0 aromatic heterocycles. The van der Waals surface area contributed by atoms with Gasteiger partial charge in [0.2, 0.25) is 0 Å². The maximum atomic E-state index is 12.0. The predicted molar refractivity (Wildman–Crippen MR) is 74.0 cm³/mol. The van der Waals surface area contributed by atoms with E-state index in [0.717, 1.165) is 37.9 Å². The maximum absolute atomic E-state index is 12.0. The molecule has 1 N–H and O–H groups in total. The second kappa shape index (κ2) is 4.37. The van der Waals surface area contributed by atoms with Crippen LogP contribution in [0.5, 0.6) is 0 Å². The molecule has 19 heavy (non-hydrogen) atoms. The Bertz CT molecular complexity index is 355. The van der Waals surface area contributed by atoms with Crippen molar-refractivity contribution in [2.75, 3.05) is 19.6 Å². The Labute approximate surface area is 115 Å². The predicted octanol–water partition coefficient (Wildman–Crippen LogP) is 2.39. The number of amides is 1. The molecule has 0 aromatic rings. The summed E-state index contributed by atoms with van der Waals surface area (Å²) in [4.78, 5) is 13.9. The summed E-state index contributed by atoms with van der Waals surface area (Å²) in [5, 5.41) is 3.59. The van der Waals surface area contributed by atoms with Crippen molar-refractivity contribution in [2.24, 2.45) is 11.3 Å². The minimum absolute atomic E-state index is 0.139. The van der Waals surface area contributed by atoms with Crippen LogP contribution in [0.25, 0.3) is 0 Å². The summed E-state index contributed by atoms with van der Waals surface area (Å²) in [6.07, 6.45) is 4.88. The molecule has 0 unspecified atom stereocenters. The average molecular weight is 266 g/mol. The molecule has 3 heterocycles. The van der Waals surface area contributed by atoms with Crippen molar-refractivity contribution in [1.82, 2.24) is 10.2 Å². The average Bonchev–Trinajstić information content (AvgIpc) is 2.86. The van der Waals surface area contributed by atoms with Crippen LogP contribution in [-0.2, 0) is 4.74 Å². The molecule has 4 heteroatoms. The molecule has 1 aliphatic carbocycles. The van der Waals surface area contributed by atoms with Gasteiger partial charge in [-0.2, -0.15) is 0 Å². The third-order valence-electron chi connectivity index (χ3n) is 5.06. The minimum atomic E-state index is -0.386. The van der Waals surface area contributed by atoms with Crippen LogP contribution in [0.15, 0.2) is 0 Å². The standard InChI is InChI=1S/C15H26N2O2/c1-14(2,3)19-13(18)17-6-4-11(5-7-17)15-8-12(9-15)16-10-15/h11-12,16H,4-10H2,1-3H3. The quantitative estimate of drug-likeness (QED) is 0.792. The molecule has 3 saturated heterocycles. The molecule has 0 aromatic carbocycles. The smallest absolute Gasteiger partial charge is 0.410 e. The molecule has 1 saturated carbocycles. The van der Waals surface area contributed by atoms with Crippen LogP contribution in [0.1, 0.15) is 46.5 Å². The molecule has 0 radical (unpaired) electrons. The highest BCUT2D eigenvalue weighted by Crippen LogP contribution is 2.54. The molecule has 0 atom stereocenters. The highest BCUT2D eigenvalue weighted by molar-refractivity contribution is 5.68. The third kappa shape index (κ3) is 2.47. The van der Waals surface area contributed by atoms with E-state index in [0.29, 0.717) is 5.41 Å². The maximum Gasteiger partial charge on any atom is 0.410 e. The van der Waals surface area contributed by atoms with Crippen LogP contribution in [0.3, 0.4) is 0 Å². The van der Waals surface area contributed by atoms with Crippen molar-refractivity contribution in [1.29, 1.82) is 0 Å². The molecular weight excluding hydrogens is 240 g/mol. The first-order valence-corrected chi connectivity index (χ1v) is 7.59. The summed E-state index contributed by atoms with van der Waals surface area (Å²) in [6, 6.07) is 0.795. The van der Waals surface area contributed by atoms with E-state index < -0.39 is 0 Å². The van der Waals surface area contributed by atoms with Gasteiger partial charge in [0.15, 0.2) is 0 Å². The van der Waals surface area contributed by atoms with Crippen LogP contribution in [0, 0.1) is 11.3 Å². The van der Waals surface area contributed by atoms with Crippen molar-refractivity contribution in [3.8, 4) is 0 Å². The van der Waals surface area contributed by atoms with Gasteiger partial charge in [0.05, 0.1) is 0 Å². The highest BCUT2D eigenvalue weighted by Gasteiger charge is 2.54. The van der Waals surface area contributed by atoms with E-state index >= 15 is 0 Å². The number of ether oxygens (including phenoxy) is 1. The molecule has 2 bridgehead atoms. The van der Waals surface area contributed by atoms with E-state index in [-0.39, 0.29) is 11.7 Å². The monoisotopic (exact) mass is 266 g/mol. The van der Waals surface area contributed by atoms with Crippen LogP contribution in [0.2, 0.25) is 0 Å². The van der Waals surface area contributed by atoms with Gasteiger partial charge in [-0.25, -0.2) is 4.79 Å². The topological polar surface area (TPSA) is 41.6 Å². The summed E-state index contributed by atoms with van der Waals surface area (Å²) in [5.74, 6) is 0.803. The van der Waals surface area contributed by atoms with Crippen LogP contribution >= 0.6 is 0 Å². The Balaban J connectivity index is 1.51. The van der Waals surface area contributed by atoms with Gasteiger partial charge in [-0.05, 0) is 57.8 Å². The number of rotatable bonds is 1. The minimum Gasteiger partial charge on any atom is -0.444 e. The highest BCUT2D eigenvalue weighted by atomic mass is 16.6. The van der Waals surface area contributed by atoms with Crippen molar-refractivity contribution in [2.45, 2.75) is 58.1 Å². The van der Waals surface area contributed by atoms with Crippen LogP contribution < -0.4 is 5.32 Å². The van der Waals surface area contributed by atoms with Gasteiger partial charge in [0.25, 0.3) is 0 Å². The number of piperidine rings is 1. The first-order valence-electron chi connectivity index (χ1n) is 7.59. The number of likely N-dealkylation sites (tertiary alicyclic amines) is 1. The summed E-state index contributed by atoms with van der Waals surface area (Å²) in [7, 11) is 0. The van der Waals surface area contributed by atoms with Crippen LogP contribution in [-0.4, -0.2) is 42.3 Å². The number of carbonyl (C=O) groups excluding carboxylic acids is 1. The molecule has 4 nitrogen and oxygen atoms in total. The van der Waals surface area contributed by atoms with Gasteiger partial charge in [-0.3, -0.25) is 0 Å². The zero-order valence-electron chi connectivity index (χ0n) is 12.4. The third-order valence-corrected chi connectivity index (χ3v) is 5.06. The van der Waals surface area contributed by atoms with E-state index in [1.165, 1.54) is 19.4 Å². The summed E-state index contributed by atoms with van der Waals surface area (Å²) < 4.78 is 5.45. The zero-order chi connectivity index (χ0) is 13.7. The fourth-order valence-electron chi connectivity index (χ4n) is 4.04. The second-order valence-electron chi connectivity index (χ2n) is 7.59. The Morgan fingerprint density at radius 2 is 1.89 bits per heavy atom. The summed E-state index contributed by atoms with van der Waals surface area (Å²) >= 11 is 0. The second-order valence-corrected chi connectivity index (χ2v) is 7.59. The van der Waals surface area contributed by atoms with Gasteiger partial charge >= 0.3 is 6.09 Å². The van der Waals surface area contributed by atoms with Crippen molar-refractivity contribution in [3.63, 3.8) is 0 Å². The van der Waals surface area contributed by atoms with E-state index in [2.05, 4.69) is 5.32 Å². The van der Waals surface area contributed by atoms with Crippen LogP contribution in [0.4, 0.5) is 4.79 Å². The van der Waals surface area contributed by atoms with E-state index in [1.54, 1.807) is 0 Å². The Morgan fingerprint density at radius 1 is 1.26 bits per heavy atom. The van der Waals surface area contributed by atoms with Gasteiger partial charge in [-0.1, -0.05) is 0 Å². The van der Waals surface area contributed by atoms with E-state index in [4.69, 9.17) is 4.74 Å². The van der Waals surface area contributed by atoms with Gasteiger partial charge in [0, 0.05) is 25.7 Å². The number of nitrogens with one attached hydrogen (secondary N) is 1. The number of nitrogens with zero attached hydrogens (tertiary/aromatic N) is 1. The fraction of sp³-hybridized carbons (Fsp3) is 0.933. The normalized spacial score (nSPS) is 35.1. The lowest BCUT2D eigenvalue weighted by atomic mass is 9.60. The first-order chi connectivity index (χ1) is 8.88. The lowest BCUT2D eigenvalue weighted by molar-refractivity contribution is 0.00275. The van der Waals surface area contributed by atoms with Gasteiger partial charge in [-0.15, -0.1) is 0 Å². The molecule has 4 rings (SSSR count). The molecular formula is C15H26N2O2. The van der Waals surface area contributed by atoms with E-state index in [9.17, 15) is 4.79 Å². The fourth-order valence-corrected chi connectivity index (χ4v) is 4.04. The van der Waals surface area contributed by atoms with Crippen molar-refractivity contribution < 1.29 is 9.53 Å². The molecule has 108 valence electrons. The molecule has 1 amide bonds. The number of hydrogen-bond acceptors (Lipinski definition) is 3. The van der Waals surface area contributed by atoms with Gasteiger partial charge in [0.1, 0.15) is 5.60 Å². The number of carbonyl (C=O) groups is 1. The first kappa shape index (κ1) is 13.2. The molecule has 3 aliphatic heterocycles. The molecule has 4 aliphatic rings.